The highest BCUT2D eigenvalue weighted by Gasteiger charge is 2.14. The van der Waals surface area contributed by atoms with Gasteiger partial charge in [0.2, 0.25) is 5.91 Å². The number of rotatable bonds is 7. The third-order valence-electron chi connectivity index (χ3n) is 3.73. The molecule has 0 spiro atoms. The van der Waals surface area contributed by atoms with Gasteiger partial charge >= 0.3 is 0 Å². The van der Waals surface area contributed by atoms with Gasteiger partial charge in [-0.1, -0.05) is 27.5 Å². The second kappa shape index (κ2) is 9.67. The largest absolute Gasteiger partial charge is 0.325 e. The van der Waals surface area contributed by atoms with Crippen LogP contribution in [0.2, 0.25) is 5.02 Å². The molecule has 0 aromatic heterocycles. The van der Waals surface area contributed by atoms with Gasteiger partial charge in [-0.2, -0.15) is 0 Å². The number of carbonyl (C=O) groups is 1. The lowest BCUT2D eigenvalue weighted by atomic mass is 10.3. The number of amides is 1. The maximum atomic E-state index is 12.5. The van der Waals surface area contributed by atoms with Crippen LogP contribution in [0.1, 0.15) is 0 Å². The van der Waals surface area contributed by atoms with Crippen molar-refractivity contribution in [2.45, 2.75) is 9.79 Å². The normalized spacial score (nSPS) is 11.1. The number of anilines is 2. The van der Waals surface area contributed by atoms with E-state index in [1.165, 1.54) is 23.9 Å². The first-order valence-corrected chi connectivity index (χ1v) is 12.0. The van der Waals surface area contributed by atoms with Gasteiger partial charge in [-0.25, -0.2) is 8.42 Å². The molecule has 2 N–H and O–H groups in total. The molecule has 0 aliphatic rings. The summed E-state index contributed by atoms with van der Waals surface area (Å²) in [7, 11) is -3.71. The first-order valence-electron chi connectivity index (χ1n) is 8.38. The lowest BCUT2D eigenvalue weighted by Gasteiger charge is -2.10. The number of hydrogen-bond acceptors (Lipinski definition) is 4. The molecule has 0 radical (unpaired) electrons. The first kappa shape index (κ1) is 21.7. The number of hydrogen-bond donors (Lipinski definition) is 2. The van der Waals surface area contributed by atoms with Crippen molar-refractivity contribution in [2.75, 3.05) is 15.8 Å². The summed E-state index contributed by atoms with van der Waals surface area (Å²) in [5.74, 6) is 0.0424. The molecule has 0 unspecified atom stereocenters. The molecule has 3 aromatic carbocycles. The Morgan fingerprint density at radius 1 is 0.897 bits per heavy atom. The predicted octanol–water partition coefficient (Wildman–Crippen LogP) is 5.63. The zero-order valence-electron chi connectivity index (χ0n) is 14.9. The molecule has 1 amide bonds. The van der Waals surface area contributed by atoms with E-state index >= 15 is 0 Å². The molecule has 150 valence electrons. The maximum Gasteiger partial charge on any atom is 0.261 e. The Balaban J connectivity index is 1.58. The minimum absolute atomic E-state index is 0.106. The molecule has 0 atom stereocenters. The molecular weight excluding hydrogens is 496 g/mol. The number of thioether (sulfide) groups is 1. The minimum Gasteiger partial charge on any atom is -0.325 e. The highest BCUT2D eigenvalue weighted by atomic mass is 79.9. The van der Waals surface area contributed by atoms with Crippen molar-refractivity contribution in [3.63, 3.8) is 0 Å². The lowest BCUT2D eigenvalue weighted by molar-refractivity contribution is -0.113. The van der Waals surface area contributed by atoms with Crippen molar-refractivity contribution >= 4 is 66.6 Å². The fourth-order valence-corrected chi connectivity index (χ4v) is 4.47. The summed E-state index contributed by atoms with van der Waals surface area (Å²) in [5, 5.41) is 3.39. The van der Waals surface area contributed by atoms with Crippen LogP contribution in [0.5, 0.6) is 0 Å². The van der Waals surface area contributed by atoms with E-state index in [4.69, 9.17) is 11.6 Å². The molecule has 0 fully saturated rings. The van der Waals surface area contributed by atoms with E-state index in [9.17, 15) is 13.2 Å². The Labute approximate surface area is 187 Å². The van der Waals surface area contributed by atoms with Crippen LogP contribution in [0.15, 0.2) is 87.1 Å². The summed E-state index contributed by atoms with van der Waals surface area (Å²) >= 11 is 10.5. The molecule has 3 aromatic rings. The van der Waals surface area contributed by atoms with E-state index in [1.807, 2.05) is 12.1 Å². The zero-order chi connectivity index (χ0) is 20.9. The van der Waals surface area contributed by atoms with E-state index in [2.05, 4.69) is 26.0 Å². The quantitative estimate of drug-likeness (QED) is 0.403. The highest BCUT2D eigenvalue weighted by Crippen LogP contribution is 2.22. The number of benzene rings is 3. The van der Waals surface area contributed by atoms with Crippen LogP contribution >= 0.6 is 39.3 Å². The van der Waals surface area contributed by atoms with E-state index in [0.29, 0.717) is 16.4 Å². The predicted molar refractivity (Wildman–Crippen MR) is 122 cm³/mol. The smallest absolute Gasteiger partial charge is 0.261 e. The molecule has 0 heterocycles. The Hall–Kier alpha value is -2.00. The van der Waals surface area contributed by atoms with Gasteiger partial charge in [0.25, 0.3) is 10.0 Å². The van der Waals surface area contributed by atoms with Gasteiger partial charge in [-0.3, -0.25) is 9.52 Å². The van der Waals surface area contributed by atoms with Crippen LogP contribution in [0.4, 0.5) is 11.4 Å². The Morgan fingerprint density at radius 3 is 2.10 bits per heavy atom. The Kier molecular flexibility index (Phi) is 7.23. The van der Waals surface area contributed by atoms with Gasteiger partial charge in [0.05, 0.1) is 10.6 Å². The summed E-state index contributed by atoms with van der Waals surface area (Å²) < 4.78 is 28.3. The third-order valence-corrected chi connectivity index (χ3v) is 6.92. The van der Waals surface area contributed by atoms with E-state index in [-0.39, 0.29) is 16.6 Å². The molecule has 0 saturated heterocycles. The van der Waals surface area contributed by atoms with Crippen LogP contribution < -0.4 is 10.0 Å². The fourth-order valence-electron chi connectivity index (χ4n) is 2.33. The molecule has 5 nitrogen and oxygen atoms in total. The van der Waals surface area contributed by atoms with E-state index < -0.39 is 10.0 Å². The van der Waals surface area contributed by atoms with Crippen molar-refractivity contribution in [2.24, 2.45) is 0 Å². The van der Waals surface area contributed by atoms with Crippen molar-refractivity contribution in [3.8, 4) is 0 Å². The first-order chi connectivity index (χ1) is 13.8. The summed E-state index contributed by atoms with van der Waals surface area (Å²) in [6.45, 7) is 0. The SMILES string of the molecule is O=C(CSc1ccc(Cl)cc1)Nc1ccc(S(=O)(=O)Nc2ccc(Br)cc2)cc1. The molecule has 9 heteroatoms. The van der Waals surface area contributed by atoms with Crippen LogP contribution in [0.25, 0.3) is 0 Å². The average molecular weight is 512 g/mol. The monoisotopic (exact) mass is 510 g/mol. The molecule has 0 aliphatic carbocycles. The van der Waals surface area contributed by atoms with E-state index in [1.54, 1.807) is 48.5 Å². The highest BCUT2D eigenvalue weighted by molar-refractivity contribution is 9.10. The van der Waals surface area contributed by atoms with Crippen molar-refractivity contribution < 1.29 is 13.2 Å². The summed E-state index contributed by atoms with van der Waals surface area (Å²) in [5.41, 5.74) is 0.985. The minimum atomic E-state index is -3.71. The van der Waals surface area contributed by atoms with Crippen LogP contribution in [0.3, 0.4) is 0 Å². The Morgan fingerprint density at radius 2 is 1.48 bits per heavy atom. The number of halogens is 2. The van der Waals surface area contributed by atoms with Gasteiger partial charge in [0.15, 0.2) is 0 Å². The van der Waals surface area contributed by atoms with Crippen LogP contribution in [0, 0.1) is 0 Å². The van der Waals surface area contributed by atoms with Gasteiger partial charge in [-0.15, -0.1) is 11.8 Å². The standard InChI is InChI=1S/C20H16BrClN2O3S2/c21-14-1-5-17(6-2-14)24-29(26,27)19-11-7-16(8-12-19)23-20(25)13-28-18-9-3-15(22)4-10-18/h1-12,24H,13H2,(H,23,25). The third kappa shape index (κ3) is 6.50. The van der Waals surface area contributed by atoms with Gasteiger partial charge in [-0.05, 0) is 72.8 Å². The molecule has 0 saturated carbocycles. The number of sulfonamides is 1. The zero-order valence-corrected chi connectivity index (χ0v) is 18.9. The van der Waals surface area contributed by atoms with Crippen molar-refractivity contribution in [3.05, 3.63) is 82.3 Å². The van der Waals surface area contributed by atoms with Crippen molar-refractivity contribution in [1.82, 2.24) is 0 Å². The van der Waals surface area contributed by atoms with Gasteiger partial charge < -0.3 is 5.32 Å². The maximum absolute atomic E-state index is 12.5. The molecule has 0 aliphatic heterocycles. The average Bonchev–Trinajstić information content (AvgIpc) is 2.70. The number of carbonyl (C=O) groups excluding carboxylic acids is 1. The molecular formula is C20H16BrClN2O3S2. The van der Waals surface area contributed by atoms with Crippen molar-refractivity contribution in [1.29, 1.82) is 0 Å². The second-order valence-electron chi connectivity index (χ2n) is 5.93. The number of nitrogens with one attached hydrogen (secondary N) is 2. The lowest BCUT2D eigenvalue weighted by Crippen LogP contribution is -2.15. The molecule has 29 heavy (non-hydrogen) atoms. The van der Waals surface area contributed by atoms with Gasteiger partial charge in [0.1, 0.15) is 0 Å². The van der Waals surface area contributed by atoms with Gasteiger partial charge in [0, 0.05) is 25.8 Å². The summed E-state index contributed by atoms with van der Waals surface area (Å²) in [6, 6.07) is 20.1. The Bertz CT molecular complexity index is 1090. The summed E-state index contributed by atoms with van der Waals surface area (Å²) in [6.07, 6.45) is 0. The van der Waals surface area contributed by atoms with Crippen LogP contribution in [-0.2, 0) is 14.8 Å². The van der Waals surface area contributed by atoms with E-state index in [0.717, 1.165) is 9.37 Å². The topological polar surface area (TPSA) is 75.3 Å². The second-order valence-corrected chi connectivity index (χ2v) is 10.0. The fraction of sp³-hybridized carbons (Fsp3) is 0.0500. The molecule has 0 bridgehead atoms. The van der Waals surface area contributed by atoms with Crippen LogP contribution in [-0.4, -0.2) is 20.1 Å². The summed E-state index contributed by atoms with van der Waals surface area (Å²) in [4.78, 5) is 13.2. The molecule has 3 rings (SSSR count).